The van der Waals surface area contributed by atoms with Crippen LogP contribution in [0.25, 0.3) is 11.1 Å². The molecule has 0 saturated heterocycles. The fraction of sp³-hybridized carbons (Fsp3) is 0.641. The van der Waals surface area contributed by atoms with Crippen molar-refractivity contribution in [1.82, 2.24) is 15.5 Å². The zero-order chi connectivity index (χ0) is 35.1. The Kier molecular flexibility index (Phi) is 12.8. The number of esters is 1. The smallest absolute Gasteiger partial charge is 0.410 e. The molecule has 9 nitrogen and oxygen atoms in total. The summed E-state index contributed by atoms with van der Waals surface area (Å²) in [5.41, 5.74) is 3.52. The van der Waals surface area contributed by atoms with Crippen molar-refractivity contribution in [3.63, 3.8) is 0 Å². The zero-order valence-electron chi connectivity index (χ0n) is 30.7. The van der Waals surface area contributed by atoms with Crippen LogP contribution in [0.1, 0.15) is 104 Å². The molecule has 2 saturated carbocycles. The molecule has 0 bridgehead atoms. The first-order valence-electron chi connectivity index (χ1n) is 17.7. The molecule has 48 heavy (non-hydrogen) atoms. The van der Waals surface area contributed by atoms with Crippen molar-refractivity contribution in [1.29, 1.82) is 0 Å². The number of ether oxygens (including phenoxy) is 4. The van der Waals surface area contributed by atoms with Gasteiger partial charge in [0.05, 0.1) is 20.1 Å². The first-order chi connectivity index (χ1) is 22.7. The lowest BCUT2D eigenvalue weighted by Crippen LogP contribution is -2.44. The molecule has 0 atom stereocenters. The van der Waals surface area contributed by atoms with Gasteiger partial charge < -0.3 is 34.5 Å². The molecule has 9 heteroatoms. The second-order valence-corrected chi connectivity index (χ2v) is 15.5. The van der Waals surface area contributed by atoms with Crippen LogP contribution >= 0.6 is 0 Å². The molecule has 2 aromatic rings. The molecular weight excluding hydrogens is 606 g/mol. The average molecular weight is 666 g/mol. The number of carbonyl (C=O) groups excluding carboxylic acids is 2. The van der Waals surface area contributed by atoms with Gasteiger partial charge in [0.1, 0.15) is 22.7 Å². The third-order valence-corrected chi connectivity index (χ3v) is 9.45. The van der Waals surface area contributed by atoms with Gasteiger partial charge >= 0.3 is 12.1 Å². The Morgan fingerprint density at radius 2 is 1.12 bits per heavy atom. The second kappa shape index (κ2) is 16.4. The highest BCUT2D eigenvalue weighted by molar-refractivity contribution is 5.73. The summed E-state index contributed by atoms with van der Waals surface area (Å²) in [6.45, 7) is 12.9. The minimum atomic E-state index is -0.493. The maximum Gasteiger partial charge on any atom is 0.410 e. The van der Waals surface area contributed by atoms with Gasteiger partial charge in [0.25, 0.3) is 0 Å². The largest absolute Gasteiger partial charge is 0.496 e. The highest BCUT2D eigenvalue weighted by Gasteiger charge is 2.31. The SMILES string of the molecule is COc1ccc(-c2ccc(OC)c(CN[C@H]3CC[C@H](N(C)C(=O)OC(C)(C)C)CC3)c2)cc1CN[C@H]1CC[C@H](C(=O)OC(C)(C)C)CC1. The summed E-state index contributed by atoms with van der Waals surface area (Å²) in [5.74, 6) is 1.64. The monoisotopic (exact) mass is 665 g/mol. The number of hydrogen-bond donors (Lipinski definition) is 2. The molecule has 2 aliphatic rings. The third kappa shape index (κ3) is 10.9. The van der Waals surface area contributed by atoms with E-state index in [-0.39, 0.29) is 24.0 Å². The van der Waals surface area contributed by atoms with Crippen LogP contribution in [-0.4, -0.2) is 67.6 Å². The zero-order valence-corrected chi connectivity index (χ0v) is 30.7. The maximum absolute atomic E-state index is 12.6. The van der Waals surface area contributed by atoms with Gasteiger partial charge in [0, 0.05) is 49.4 Å². The van der Waals surface area contributed by atoms with Crippen LogP contribution in [-0.2, 0) is 27.4 Å². The van der Waals surface area contributed by atoms with Crippen molar-refractivity contribution in [2.45, 2.75) is 135 Å². The van der Waals surface area contributed by atoms with Crippen molar-refractivity contribution in [3.05, 3.63) is 47.5 Å². The summed E-state index contributed by atoms with van der Waals surface area (Å²) in [6.07, 6.45) is 7.21. The fourth-order valence-corrected chi connectivity index (χ4v) is 6.77. The van der Waals surface area contributed by atoms with E-state index in [2.05, 4.69) is 34.9 Å². The number of hydrogen-bond acceptors (Lipinski definition) is 8. The summed E-state index contributed by atoms with van der Waals surface area (Å²) in [6, 6.07) is 13.6. The van der Waals surface area contributed by atoms with Crippen LogP contribution in [0.15, 0.2) is 36.4 Å². The van der Waals surface area contributed by atoms with E-state index in [4.69, 9.17) is 18.9 Å². The highest BCUT2D eigenvalue weighted by atomic mass is 16.6. The van der Waals surface area contributed by atoms with Crippen LogP contribution in [0.4, 0.5) is 4.79 Å². The molecule has 0 unspecified atom stereocenters. The Bertz CT molecular complexity index is 1360. The van der Waals surface area contributed by atoms with Gasteiger partial charge in [-0.25, -0.2) is 4.79 Å². The topological polar surface area (TPSA) is 98.4 Å². The molecule has 266 valence electrons. The van der Waals surface area contributed by atoms with E-state index in [9.17, 15) is 9.59 Å². The number of carbonyl (C=O) groups is 2. The van der Waals surface area contributed by atoms with E-state index >= 15 is 0 Å². The number of nitrogens with one attached hydrogen (secondary N) is 2. The number of nitrogens with zero attached hydrogens (tertiary/aromatic N) is 1. The third-order valence-electron chi connectivity index (χ3n) is 9.45. The van der Waals surface area contributed by atoms with Gasteiger partial charge in [0.2, 0.25) is 0 Å². The molecule has 0 heterocycles. The number of benzene rings is 2. The minimum Gasteiger partial charge on any atom is -0.496 e. The molecular formula is C39H59N3O6. The van der Waals surface area contributed by atoms with E-state index < -0.39 is 11.2 Å². The first-order valence-corrected chi connectivity index (χ1v) is 17.7. The van der Waals surface area contributed by atoms with E-state index in [1.807, 2.05) is 60.7 Å². The van der Waals surface area contributed by atoms with Gasteiger partial charge in [-0.05, 0) is 128 Å². The van der Waals surface area contributed by atoms with Crippen LogP contribution < -0.4 is 20.1 Å². The quantitative estimate of drug-likeness (QED) is 0.237. The normalized spacial score (nSPS) is 21.7. The standard InChI is InChI=1S/C39H59N3O6/c1-38(2,3)47-36(43)26-10-14-31(15-11-26)40-24-29-22-27(12-20-34(29)45-8)28-13-21-35(46-9)30(23-28)25-41-32-16-18-33(19-17-32)42(7)37(44)48-39(4,5)6/h12-13,20-23,26,31-33,40-41H,10-11,14-19,24-25H2,1-9H3/t26-,31-,32-,33-. The van der Waals surface area contributed by atoms with Gasteiger partial charge in [0.15, 0.2) is 0 Å². The maximum atomic E-state index is 12.6. The first kappa shape index (κ1) is 37.5. The van der Waals surface area contributed by atoms with E-state index in [0.717, 1.165) is 85.1 Å². The number of rotatable bonds is 11. The molecule has 0 aromatic heterocycles. The van der Waals surface area contributed by atoms with Crippen LogP contribution in [0.3, 0.4) is 0 Å². The lowest BCUT2D eigenvalue weighted by atomic mass is 9.86. The Labute approximate surface area is 288 Å². The summed E-state index contributed by atoms with van der Waals surface area (Å²) in [4.78, 5) is 26.9. The predicted molar refractivity (Wildman–Crippen MR) is 190 cm³/mol. The molecule has 2 aromatic carbocycles. The summed E-state index contributed by atoms with van der Waals surface area (Å²) in [5, 5.41) is 7.47. The van der Waals surface area contributed by atoms with Crippen LogP contribution in [0.2, 0.25) is 0 Å². The lowest BCUT2D eigenvalue weighted by Gasteiger charge is -2.36. The van der Waals surface area contributed by atoms with Gasteiger partial charge in [-0.3, -0.25) is 4.79 Å². The molecule has 2 N–H and O–H groups in total. The van der Waals surface area contributed by atoms with Gasteiger partial charge in [-0.1, -0.05) is 12.1 Å². The highest BCUT2D eigenvalue weighted by Crippen LogP contribution is 2.32. The van der Waals surface area contributed by atoms with Gasteiger partial charge in [-0.2, -0.15) is 0 Å². The van der Waals surface area contributed by atoms with Crippen molar-refractivity contribution in [2.24, 2.45) is 5.92 Å². The van der Waals surface area contributed by atoms with Crippen LogP contribution in [0.5, 0.6) is 11.5 Å². The van der Waals surface area contributed by atoms with Crippen molar-refractivity contribution >= 4 is 12.1 Å². The molecule has 2 aliphatic carbocycles. The summed E-state index contributed by atoms with van der Waals surface area (Å²) in [7, 11) is 5.28. The summed E-state index contributed by atoms with van der Waals surface area (Å²) < 4.78 is 22.7. The molecule has 0 spiro atoms. The van der Waals surface area contributed by atoms with E-state index in [1.165, 1.54) is 0 Å². The number of methoxy groups -OCH3 is 2. The minimum absolute atomic E-state index is 0.0141. The Morgan fingerprint density at radius 1 is 0.688 bits per heavy atom. The summed E-state index contributed by atoms with van der Waals surface area (Å²) >= 11 is 0. The lowest BCUT2D eigenvalue weighted by molar-refractivity contribution is -0.161. The molecule has 4 rings (SSSR count). The molecule has 0 aliphatic heterocycles. The van der Waals surface area contributed by atoms with E-state index in [0.29, 0.717) is 25.2 Å². The molecule has 2 fully saturated rings. The van der Waals surface area contributed by atoms with Crippen molar-refractivity contribution in [3.8, 4) is 22.6 Å². The van der Waals surface area contributed by atoms with Crippen LogP contribution in [0, 0.1) is 5.92 Å². The van der Waals surface area contributed by atoms with Crippen molar-refractivity contribution in [2.75, 3.05) is 21.3 Å². The fourth-order valence-electron chi connectivity index (χ4n) is 6.77. The number of amides is 1. The second-order valence-electron chi connectivity index (χ2n) is 15.5. The Balaban J connectivity index is 1.34. The average Bonchev–Trinajstić information content (AvgIpc) is 3.04. The molecule has 0 radical (unpaired) electrons. The van der Waals surface area contributed by atoms with Crippen molar-refractivity contribution < 1.29 is 28.5 Å². The Morgan fingerprint density at radius 3 is 1.54 bits per heavy atom. The predicted octanol–water partition coefficient (Wildman–Crippen LogP) is 7.63. The van der Waals surface area contributed by atoms with E-state index in [1.54, 1.807) is 19.1 Å². The van der Waals surface area contributed by atoms with Gasteiger partial charge in [-0.15, -0.1) is 0 Å². The Hall–Kier alpha value is -3.30. The molecule has 1 amide bonds.